The number of aromatic nitrogens is 3. The van der Waals surface area contributed by atoms with Gasteiger partial charge >= 0.3 is 5.97 Å². The Kier molecular flexibility index (Phi) is 5.52. The fourth-order valence-electron chi connectivity index (χ4n) is 3.87. The SMILES string of the molecule is CC(C)n1ncc2c(C(=O)OCC(=O)N3CCc4sccc4C3)cc(-c3cccs3)nc21. The predicted octanol–water partition coefficient (Wildman–Crippen LogP) is 4.54. The molecule has 0 spiro atoms. The fraction of sp³-hybridized carbons (Fsp3) is 0.304. The number of thiophene rings is 2. The third-order valence-electron chi connectivity index (χ3n) is 5.54. The van der Waals surface area contributed by atoms with Gasteiger partial charge in [-0.3, -0.25) is 4.79 Å². The summed E-state index contributed by atoms with van der Waals surface area (Å²) in [5.41, 5.74) is 2.87. The van der Waals surface area contributed by atoms with Crippen molar-refractivity contribution in [3.05, 3.63) is 57.2 Å². The van der Waals surface area contributed by atoms with E-state index in [0.717, 1.165) is 11.3 Å². The Bertz CT molecular complexity index is 1290. The first kappa shape index (κ1) is 20.8. The lowest BCUT2D eigenvalue weighted by Gasteiger charge is -2.26. The molecule has 0 saturated carbocycles. The molecule has 0 fully saturated rings. The molecular weight excluding hydrogens is 444 g/mol. The van der Waals surface area contributed by atoms with Crippen LogP contribution in [-0.2, 0) is 22.5 Å². The van der Waals surface area contributed by atoms with E-state index in [4.69, 9.17) is 9.72 Å². The van der Waals surface area contributed by atoms with Crippen LogP contribution in [0, 0.1) is 0 Å². The summed E-state index contributed by atoms with van der Waals surface area (Å²) in [6.45, 7) is 4.96. The Morgan fingerprint density at radius 2 is 2.09 bits per heavy atom. The molecule has 0 bridgehead atoms. The second kappa shape index (κ2) is 8.48. The molecule has 0 aliphatic carbocycles. The van der Waals surface area contributed by atoms with Gasteiger partial charge in [0.2, 0.25) is 0 Å². The third kappa shape index (κ3) is 3.82. The average molecular weight is 467 g/mol. The molecule has 4 aromatic heterocycles. The van der Waals surface area contributed by atoms with Gasteiger partial charge in [0.25, 0.3) is 5.91 Å². The highest BCUT2D eigenvalue weighted by molar-refractivity contribution is 7.13. The molecule has 0 saturated heterocycles. The van der Waals surface area contributed by atoms with E-state index in [2.05, 4.69) is 16.5 Å². The summed E-state index contributed by atoms with van der Waals surface area (Å²) in [6.07, 6.45) is 2.48. The molecule has 1 aliphatic heterocycles. The molecule has 5 heterocycles. The van der Waals surface area contributed by atoms with Crippen LogP contribution in [0.2, 0.25) is 0 Å². The second-order valence-corrected chi connectivity index (χ2v) is 9.91. The van der Waals surface area contributed by atoms with Gasteiger partial charge in [-0.2, -0.15) is 5.10 Å². The van der Waals surface area contributed by atoms with Gasteiger partial charge in [0.1, 0.15) is 0 Å². The maximum atomic E-state index is 13.1. The highest BCUT2D eigenvalue weighted by atomic mass is 32.1. The van der Waals surface area contributed by atoms with Crippen LogP contribution in [0.1, 0.15) is 40.7 Å². The fourth-order valence-corrected chi connectivity index (χ4v) is 5.45. The highest BCUT2D eigenvalue weighted by Crippen LogP contribution is 2.29. The lowest BCUT2D eigenvalue weighted by atomic mass is 10.1. The normalized spacial score (nSPS) is 13.5. The van der Waals surface area contributed by atoms with Crippen LogP contribution >= 0.6 is 22.7 Å². The van der Waals surface area contributed by atoms with Crippen LogP contribution in [0.15, 0.2) is 41.2 Å². The number of pyridine rings is 1. The van der Waals surface area contributed by atoms with E-state index in [0.29, 0.717) is 35.4 Å². The van der Waals surface area contributed by atoms with Gasteiger partial charge in [0, 0.05) is 24.0 Å². The van der Waals surface area contributed by atoms with Crippen LogP contribution in [0.5, 0.6) is 0 Å². The minimum absolute atomic E-state index is 0.0881. The summed E-state index contributed by atoms with van der Waals surface area (Å²) in [4.78, 5) is 34.5. The number of hydrogen-bond acceptors (Lipinski definition) is 7. The number of ether oxygens (including phenoxy) is 1. The van der Waals surface area contributed by atoms with Crippen molar-refractivity contribution >= 4 is 45.6 Å². The maximum absolute atomic E-state index is 13.1. The van der Waals surface area contributed by atoms with E-state index in [1.807, 2.05) is 31.4 Å². The average Bonchev–Trinajstić information content (AvgIpc) is 3.55. The molecule has 32 heavy (non-hydrogen) atoms. The van der Waals surface area contributed by atoms with Gasteiger partial charge in [0.05, 0.1) is 27.7 Å². The van der Waals surface area contributed by atoms with Crippen LogP contribution in [0.4, 0.5) is 0 Å². The molecule has 4 aromatic rings. The zero-order valence-corrected chi connectivity index (χ0v) is 19.4. The zero-order valence-electron chi connectivity index (χ0n) is 17.8. The lowest BCUT2D eigenvalue weighted by Crippen LogP contribution is -2.38. The van der Waals surface area contributed by atoms with Gasteiger partial charge in [-0.05, 0) is 54.8 Å². The number of hydrogen-bond donors (Lipinski definition) is 0. The van der Waals surface area contributed by atoms with Crippen molar-refractivity contribution in [3.63, 3.8) is 0 Å². The molecular formula is C23H22N4O3S2. The summed E-state index contributed by atoms with van der Waals surface area (Å²) < 4.78 is 7.27. The number of carbonyl (C=O) groups is 2. The Balaban J connectivity index is 1.39. The van der Waals surface area contributed by atoms with Crippen molar-refractivity contribution in [1.82, 2.24) is 19.7 Å². The topological polar surface area (TPSA) is 77.3 Å². The van der Waals surface area contributed by atoms with Crippen LogP contribution in [0.3, 0.4) is 0 Å². The number of nitrogens with zero attached hydrogens (tertiary/aromatic N) is 4. The molecule has 5 rings (SSSR count). The van der Waals surface area contributed by atoms with Crippen molar-refractivity contribution < 1.29 is 14.3 Å². The summed E-state index contributed by atoms with van der Waals surface area (Å²) >= 11 is 3.27. The first-order chi connectivity index (χ1) is 15.5. The van der Waals surface area contributed by atoms with Crippen molar-refractivity contribution in [2.75, 3.05) is 13.2 Å². The minimum atomic E-state index is -0.542. The molecule has 1 aliphatic rings. The molecule has 0 radical (unpaired) electrons. The zero-order chi connectivity index (χ0) is 22.2. The van der Waals surface area contributed by atoms with Crippen molar-refractivity contribution in [2.24, 2.45) is 0 Å². The molecule has 0 unspecified atom stereocenters. The van der Waals surface area contributed by atoms with Crippen LogP contribution < -0.4 is 0 Å². The Hall–Kier alpha value is -3.04. The second-order valence-electron chi connectivity index (χ2n) is 7.96. The highest BCUT2D eigenvalue weighted by Gasteiger charge is 2.24. The summed E-state index contributed by atoms with van der Waals surface area (Å²) in [5.74, 6) is -0.725. The molecule has 0 aromatic carbocycles. The molecule has 1 amide bonds. The van der Waals surface area contributed by atoms with E-state index < -0.39 is 5.97 Å². The largest absolute Gasteiger partial charge is 0.452 e. The third-order valence-corrected chi connectivity index (χ3v) is 7.45. The first-order valence-electron chi connectivity index (χ1n) is 10.4. The van der Waals surface area contributed by atoms with Crippen molar-refractivity contribution in [1.29, 1.82) is 0 Å². The summed E-state index contributed by atoms with van der Waals surface area (Å²) in [6, 6.07) is 7.77. The Morgan fingerprint density at radius 1 is 1.22 bits per heavy atom. The van der Waals surface area contributed by atoms with E-state index in [9.17, 15) is 9.59 Å². The van der Waals surface area contributed by atoms with Crippen LogP contribution in [-0.4, -0.2) is 44.7 Å². The van der Waals surface area contributed by atoms with E-state index in [1.165, 1.54) is 10.4 Å². The van der Waals surface area contributed by atoms with Gasteiger partial charge < -0.3 is 9.64 Å². The molecule has 164 valence electrons. The monoisotopic (exact) mass is 466 g/mol. The molecule has 0 atom stereocenters. The first-order valence-corrected chi connectivity index (χ1v) is 12.2. The van der Waals surface area contributed by atoms with Gasteiger partial charge in [-0.15, -0.1) is 22.7 Å². The van der Waals surface area contributed by atoms with E-state index in [1.54, 1.807) is 44.5 Å². The molecule has 7 nitrogen and oxygen atoms in total. The lowest BCUT2D eigenvalue weighted by molar-refractivity contribution is -0.135. The smallest absolute Gasteiger partial charge is 0.339 e. The minimum Gasteiger partial charge on any atom is -0.452 e. The van der Waals surface area contributed by atoms with E-state index >= 15 is 0 Å². The Labute approximate surface area is 193 Å². The number of fused-ring (bicyclic) bond motifs is 2. The number of rotatable bonds is 5. The Morgan fingerprint density at radius 3 is 2.88 bits per heavy atom. The molecule has 0 N–H and O–H groups in total. The quantitative estimate of drug-likeness (QED) is 0.404. The predicted molar refractivity (Wildman–Crippen MR) is 125 cm³/mol. The number of esters is 1. The molecule has 9 heteroatoms. The summed E-state index contributed by atoms with van der Waals surface area (Å²) in [5, 5.41) is 9.06. The number of carbonyl (C=O) groups excluding carboxylic acids is 2. The van der Waals surface area contributed by atoms with E-state index in [-0.39, 0.29) is 18.6 Å². The van der Waals surface area contributed by atoms with Crippen molar-refractivity contribution in [2.45, 2.75) is 32.9 Å². The summed E-state index contributed by atoms with van der Waals surface area (Å²) in [7, 11) is 0. The standard InChI is InChI=1S/C23H22N4O3S2/c1-14(2)27-22-17(11-24-27)16(10-18(25-22)20-4-3-8-31-20)23(29)30-13-21(28)26-7-5-19-15(12-26)6-9-32-19/h3-4,6,8-11,14H,5,7,12-13H2,1-2H3. The van der Waals surface area contributed by atoms with Gasteiger partial charge in [-0.25, -0.2) is 14.5 Å². The van der Waals surface area contributed by atoms with Gasteiger partial charge in [-0.1, -0.05) is 6.07 Å². The van der Waals surface area contributed by atoms with Crippen molar-refractivity contribution in [3.8, 4) is 10.6 Å². The van der Waals surface area contributed by atoms with Crippen LogP contribution in [0.25, 0.3) is 21.6 Å². The van der Waals surface area contributed by atoms with Gasteiger partial charge in [0.15, 0.2) is 12.3 Å². The number of amides is 1. The maximum Gasteiger partial charge on any atom is 0.339 e.